The maximum atomic E-state index is 12.9. The molecule has 0 amide bonds. The van der Waals surface area contributed by atoms with Crippen molar-refractivity contribution in [2.45, 2.75) is 34.2 Å². The zero-order chi connectivity index (χ0) is 24.4. The highest BCUT2D eigenvalue weighted by molar-refractivity contribution is 6.23. The molecule has 190 valence electrons. The summed E-state index contributed by atoms with van der Waals surface area (Å²) >= 11 is 0. The van der Waals surface area contributed by atoms with Crippen LogP contribution in [0.25, 0.3) is 32.6 Å². The Morgan fingerprint density at radius 3 is 2.17 bits per heavy atom. The fraction of sp³-hybridized carbons (Fsp3) is 0.462. The zero-order valence-electron chi connectivity index (χ0n) is 21.0. The van der Waals surface area contributed by atoms with Gasteiger partial charge in [-0.1, -0.05) is 27.7 Å². The van der Waals surface area contributed by atoms with E-state index in [1.807, 2.05) is 16.8 Å². The summed E-state index contributed by atoms with van der Waals surface area (Å²) in [6.07, 6.45) is 0. The molecule has 1 aromatic heterocycles. The third kappa shape index (κ3) is 4.83. The van der Waals surface area contributed by atoms with Crippen molar-refractivity contribution >= 4 is 45.0 Å². The molecular formula is C26H36ClN5O3. The number of fused-ring (bicyclic) bond motifs is 2. The molecule has 9 heteroatoms. The van der Waals surface area contributed by atoms with Crippen LogP contribution in [0.3, 0.4) is 0 Å². The summed E-state index contributed by atoms with van der Waals surface area (Å²) in [4.78, 5) is 22.3. The first-order valence-corrected chi connectivity index (χ1v) is 12.3. The van der Waals surface area contributed by atoms with Gasteiger partial charge in [-0.05, 0) is 50.4 Å². The maximum absolute atomic E-state index is 12.9. The molecule has 0 bridgehead atoms. The number of likely N-dealkylation sites (N-methyl/N-ethyl adjacent to an activating group) is 2. The summed E-state index contributed by atoms with van der Waals surface area (Å²) in [6, 6.07) is 6.61. The minimum Gasteiger partial charge on any atom is -0.507 e. The number of phenolic OH excluding ortho intramolecular Hbond substituents is 2. The van der Waals surface area contributed by atoms with E-state index in [4.69, 9.17) is 4.99 Å². The number of halogens is 1. The molecule has 0 aliphatic heterocycles. The molecule has 0 saturated heterocycles. The van der Waals surface area contributed by atoms with Gasteiger partial charge in [-0.15, -0.1) is 12.4 Å². The Labute approximate surface area is 211 Å². The topological polar surface area (TPSA) is 97.1 Å². The summed E-state index contributed by atoms with van der Waals surface area (Å²) in [5, 5.41) is 27.8. The van der Waals surface area contributed by atoms with E-state index in [1.165, 1.54) is 12.1 Å². The second-order valence-corrected chi connectivity index (χ2v) is 8.61. The lowest BCUT2D eigenvalue weighted by molar-refractivity contribution is 0.287. The molecule has 0 spiro atoms. The third-order valence-corrected chi connectivity index (χ3v) is 6.94. The number of nitrogens with zero attached hydrogens (tertiary/aromatic N) is 4. The van der Waals surface area contributed by atoms with E-state index in [0.29, 0.717) is 34.7 Å². The van der Waals surface area contributed by atoms with Crippen molar-refractivity contribution in [2.24, 2.45) is 4.99 Å². The predicted molar refractivity (Wildman–Crippen MR) is 145 cm³/mol. The van der Waals surface area contributed by atoms with Crippen molar-refractivity contribution in [1.29, 1.82) is 0 Å². The van der Waals surface area contributed by atoms with E-state index >= 15 is 0 Å². The molecule has 3 aromatic carbocycles. The van der Waals surface area contributed by atoms with Crippen LogP contribution in [0.4, 0.5) is 0 Å². The molecule has 1 heterocycles. The number of H-pyrrole nitrogens is 1. The summed E-state index contributed by atoms with van der Waals surface area (Å²) in [7, 11) is 0. The highest BCUT2D eigenvalue weighted by Gasteiger charge is 2.22. The van der Waals surface area contributed by atoms with Crippen LogP contribution in [0.5, 0.6) is 11.5 Å². The maximum Gasteiger partial charge on any atom is 0.189 e. The molecule has 0 saturated carbocycles. The van der Waals surface area contributed by atoms with Crippen molar-refractivity contribution < 1.29 is 10.2 Å². The Morgan fingerprint density at radius 2 is 1.51 bits per heavy atom. The second kappa shape index (κ2) is 11.3. The summed E-state index contributed by atoms with van der Waals surface area (Å²) in [6.45, 7) is 15.3. The SMILES string of the molecule is CCN(CC)CCN=c1ccc2c3c1c(O)c1c(O)ccc(=O)c1c3[nH]n2CCN(CC)CC.Cl. The smallest absolute Gasteiger partial charge is 0.189 e. The summed E-state index contributed by atoms with van der Waals surface area (Å²) in [5.41, 5.74) is 1.28. The van der Waals surface area contributed by atoms with Gasteiger partial charge in [-0.3, -0.25) is 19.6 Å². The van der Waals surface area contributed by atoms with Crippen molar-refractivity contribution in [3.8, 4) is 11.5 Å². The number of hydrogen-bond acceptors (Lipinski definition) is 6. The van der Waals surface area contributed by atoms with Gasteiger partial charge in [0.2, 0.25) is 0 Å². The predicted octanol–water partition coefficient (Wildman–Crippen LogP) is 3.49. The number of hydrogen-bond donors (Lipinski definition) is 3. The van der Waals surface area contributed by atoms with Crippen LogP contribution < -0.4 is 10.8 Å². The first-order valence-electron chi connectivity index (χ1n) is 12.3. The number of aromatic amines is 1. The van der Waals surface area contributed by atoms with Gasteiger partial charge in [0.1, 0.15) is 11.5 Å². The van der Waals surface area contributed by atoms with Gasteiger partial charge < -0.3 is 20.0 Å². The molecule has 3 N–H and O–H groups in total. The molecule has 4 aromatic rings. The number of nitrogens with one attached hydrogen (secondary N) is 1. The van der Waals surface area contributed by atoms with Crippen molar-refractivity contribution in [2.75, 3.05) is 45.8 Å². The molecule has 0 aliphatic carbocycles. The van der Waals surface area contributed by atoms with Crippen LogP contribution in [0.2, 0.25) is 0 Å². The number of benzene rings is 3. The molecular weight excluding hydrogens is 466 g/mol. The van der Waals surface area contributed by atoms with Gasteiger partial charge in [-0.2, -0.15) is 0 Å². The number of rotatable bonds is 10. The first-order chi connectivity index (χ1) is 16.4. The lowest BCUT2D eigenvalue weighted by Crippen LogP contribution is -2.27. The average Bonchev–Trinajstić information content (AvgIpc) is 3.21. The lowest BCUT2D eigenvalue weighted by Gasteiger charge is -2.18. The zero-order valence-corrected chi connectivity index (χ0v) is 21.8. The van der Waals surface area contributed by atoms with Crippen molar-refractivity contribution in [3.63, 3.8) is 0 Å². The standard InChI is InChI=1S/C26H35N5O3.ClH/c1-5-29(6-2)14-13-27-17-9-10-18-22-21(17)26(34)24-20(33)12-11-19(32)23(24)25(22)28-31(18)16-15-30(7-3)8-4;/h9-12,28,33-34H,5-8,13-16H2,1-4H3;1H. The van der Waals surface area contributed by atoms with Crippen LogP contribution in [0, 0.1) is 0 Å². The summed E-state index contributed by atoms with van der Waals surface area (Å²) < 4.78 is 2.03. The Hall–Kier alpha value is -2.81. The normalized spacial score (nSPS) is 12.6. The van der Waals surface area contributed by atoms with Gasteiger partial charge in [0.05, 0.1) is 45.6 Å². The van der Waals surface area contributed by atoms with Crippen LogP contribution in [0.1, 0.15) is 27.7 Å². The lowest BCUT2D eigenvalue weighted by atomic mass is 9.99. The Bertz CT molecular complexity index is 1420. The number of aromatic hydroxyl groups is 2. The molecule has 8 nitrogen and oxygen atoms in total. The molecule has 0 aliphatic rings. The number of phenols is 2. The van der Waals surface area contributed by atoms with Crippen LogP contribution >= 0.6 is 12.4 Å². The molecule has 0 atom stereocenters. The van der Waals surface area contributed by atoms with Crippen molar-refractivity contribution in [3.05, 3.63) is 39.8 Å². The second-order valence-electron chi connectivity index (χ2n) is 8.61. The highest BCUT2D eigenvalue weighted by atomic mass is 35.5. The Kier molecular flexibility index (Phi) is 8.64. The van der Waals surface area contributed by atoms with E-state index in [1.54, 1.807) is 0 Å². The van der Waals surface area contributed by atoms with E-state index in [0.717, 1.165) is 50.2 Å². The Balaban J connectivity index is 0.00000342. The van der Waals surface area contributed by atoms with E-state index in [9.17, 15) is 15.0 Å². The Morgan fingerprint density at radius 1 is 0.857 bits per heavy atom. The van der Waals surface area contributed by atoms with Crippen LogP contribution in [-0.4, -0.2) is 75.6 Å². The van der Waals surface area contributed by atoms with Gasteiger partial charge in [0.15, 0.2) is 5.43 Å². The molecule has 0 unspecified atom stereocenters. The van der Waals surface area contributed by atoms with E-state index < -0.39 is 0 Å². The molecule has 0 fully saturated rings. The monoisotopic (exact) mass is 501 g/mol. The van der Waals surface area contributed by atoms with Gasteiger partial charge in [0.25, 0.3) is 0 Å². The minimum atomic E-state index is -0.243. The largest absolute Gasteiger partial charge is 0.507 e. The van der Waals surface area contributed by atoms with Gasteiger partial charge >= 0.3 is 0 Å². The van der Waals surface area contributed by atoms with Gasteiger partial charge in [0, 0.05) is 18.5 Å². The van der Waals surface area contributed by atoms with Crippen LogP contribution in [-0.2, 0) is 6.54 Å². The quantitative estimate of drug-likeness (QED) is 0.289. The molecule has 4 rings (SSSR count). The molecule has 35 heavy (non-hydrogen) atoms. The number of aromatic nitrogens is 2. The fourth-order valence-electron chi connectivity index (χ4n) is 4.86. The van der Waals surface area contributed by atoms with E-state index in [-0.39, 0.29) is 34.7 Å². The van der Waals surface area contributed by atoms with Crippen LogP contribution in [0.15, 0.2) is 34.1 Å². The van der Waals surface area contributed by atoms with E-state index in [2.05, 4.69) is 42.6 Å². The minimum absolute atomic E-state index is 0. The third-order valence-electron chi connectivity index (χ3n) is 6.94. The molecule has 0 radical (unpaired) electrons. The summed E-state index contributed by atoms with van der Waals surface area (Å²) in [5.74, 6) is -0.215. The van der Waals surface area contributed by atoms with Gasteiger partial charge in [-0.25, -0.2) is 0 Å². The fourth-order valence-corrected chi connectivity index (χ4v) is 4.86. The van der Waals surface area contributed by atoms with Crippen molar-refractivity contribution in [1.82, 2.24) is 19.6 Å². The first kappa shape index (κ1) is 26.8. The average molecular weight is 502 g/mol. The highest BCUT2D eigenvalue weighted by Crippen LogP contribution is 2.41.